The second-order valence-electron chi connectivity index (χ2n) is 4.50. The molecule has 18 heavy (non-hydrogen) atoms. The van der Waals surface area contributed by atoms with Gasteiger partial charge in [0, 0.05) is 18.2 Å². The maximum Gasteiger partial charge on any atom is 0.307 e. The van der Waals surface area contributed by atoms with Gasteiger partial charge in [-0.25, -0.2) is 8.78 Å². The molecular weight excluding hydrogens is 240 g/mol. The van der Waals surface area contributed by atoms with E-state index in [4.69, 9.17) is 5.11 Å². The van der Waals surface area contributed by atoms with Crippen LogP contribution in [0.3, 0.4) is 0 Å². The van der Waals surface area contributed by atoms with E-state index in [0.29, 0.717) is 0 Å². The smallest absolute Gasteiger partial charge is 0.307 e. The quantitative estimate of drug-likeness (QED) is 0.881. The number of carboxylic acid groups (broad SMARTS) is 1. The molecule has 1 aromatic rings. The normalized spacial score (nSPS) is 14.6. The van der Waals surface area contributed by atoms with Crippen molar-refractivity contribution < 1.29 is 18.7 Å². The number of nitrogens with zero attached hydrogens (tertiary/aromatic N) is 1. The van der Waals surface area contributed by atoms with Gasteiger partial charge in [-0.2, -0.15) is 0 Å². The summed E-state index contributed by atoms with van der Waals surface area (Å²) in [5.41, 5.74) is 0.232. The minimum atomic E-state index is -0.909. The first-order valence-electron chi connectivity index (χ1n) is 5.71. The zero-order chi connectivity index (χ0) is 13.9. The maximum absolute atomic E-state index is 13.6. The van der Waals surface area contributed by atoms with Gasteiger partial charge in [0.15, 0.2) is 11.6 Å². The van der Waals surface area contributed by atoms with Crippen LogP contribution in [-0.4, -0.2) is 29.6 Å². The van der Waals surface area contributed by atoms with E-state index in [1.807, 2.05) is 0 Å². The summed E-state index contributed by atoms with van der Waals surface area (Å²) in [5, 5.41) is 8.82. The van der Waals surface area contributed by atoms with Crippen molar-refractivity contribution in [2.24, 2.45) is 5.92 Å². The molecule has 0 aromatic heterocycles. The van der Waals surface area contributed by atoms with Crippen LogP contribution in [0.1, 0.15) is 25.5 Å². The van der Waals surface area contributed by atoms with Crippen molar-refractivity contribution in [2.45, 2.75) is 19.9 Å². The van der Waals surface area contributed by atoms with Crippen LogP contribution >= 0.6 is 0 Å². The van der Waals surface area contributed by atoms with Gasteiger partial charge in [0.1, 0.15) is 0 Å². The van der Waals surface area contributed by atoms with Gasteiger partial charge in [-0.15, -0.1) is 0 Å². The van der Waals surface area contributed by atoms with Gasteiger partial charge < -0.3 is 5.11 Å². The fourth-order valence-electron chi connectivity index (χ4n) is 1.75. The molecule has 0 heterocycles. The Kier molecular flexibility index (Phi) is 4.78. The monoisotopic (exact) mass is 257 g/mol. The summed E-state index contributed by atoms with van der Waals surface area (Å²) in [5.74, 6) is -3.23. The van der Waals surface area contributed by atoms with Crippen LogP contribution in [0.4, 0.5) is 8.78 Å². The molecule has 1 N–H and O–H groups in total. The highest BCUT2D eigenvalue weighted by atomic mass is 19.2. The predicted octanol–water partition coefficient (Wildman–Crippen LogP) is 2.68. The molecule has 2 unspecified atom stereocenters. The van der Waals surface area contributed by atoms with Crippen molar-refractivity contribution in [3.8, 4) is 0 Å². The molecule has 100 valence electrons. The lowest BCUT2D eigenvalue weighted by atomic mass is 10.0. The SMILES string of the molecule is CC(CN(C)C(C)c1cccc(F)c1F)C(=O)O. The number of rotatable bonds is 5. The number of aliphatic carboxylic acids is 1. The zero-order valence-corrected chi connectivity index (χ0v) is 10.7. The second-order valence-corrected chi connectivity index (χ2v) is 4.50. The number of carbonyl (C=O) groups is 1. The second kappa shape index (κ2) is 5.91. The third-order valence-corrected chi connectivity index (χ3v) is 3.08. The maximum atomic E-state index is 13.6. The van der Waals surface area contributed by atoms with Crippen molar-refractivity contribution >= 4 is 5.97 Å². The molecule has 3 nitrogen and oxygen atoms in total. The van der Waals surface area contributed by atoms with Gasteiger partial charge in [-0.3, -0.25) is 9.69 Å². The zero-order valence-electron chi connectivity index (χ0n) is 10.7. The average molecular weight is 257 g/mol. The van der Waals surface area contributed by atoms with Crippen LogP contribution in [0.5, 0.6) is 0 Å². The molecular formula is C13H17F2NO2. The van der Waals surface area contributed by atoms with E-state index in [9.17, 15) is 13.6 Å². The van der Waals surface area contributed by atoms with Gasteiger partial charge in [-0.05, 0) is 20.0 Å². The third-order valence-electron chi connectivity index (χ3n) is 3.08. The molecule has 5 heteroatoms. The van der Waals surface area contributed by atoms with Crippen LogP contribution < -0.4 is 0 Å². The molecule has 1 aromatic carbocycles. The summed E-state index contributed by atoms with van der Waals surface area (Å²) in [6.07, 6.45) is 0. The topological polar surface area (TPSA) is 40.5 Å². The lowest BCUT2D eigenvalue weighted by Crippen LogP contribution is -2.31. The molecule has 1 rings (SSSR count). The highest BCUT2D eigenvalue weighted by molar-refractivity contribution is 5.69. The Balaban J connectivity index is 2.83. The number of hydrogen-bond acceptors (Lipinski definition) is 2. The molecule has 0 radical (unpaired) electrons. The summed E-state index contributed by atoms with van der Waals surface area (Å²) in [6.45, 7) is 3.56. The lowest BCUT2D eigenvalue weighted by molar-refractivity contribution is -0.141. The number of benzene rings is 1. The van der Waals surface area contributed by atoms with E-state index < -0.39 is 23.5 Å². The standard InChI is InChI=1S/C13H17F2NO2/c1-8(13(17)18)7-16(3)9(2)10-5-4-6-11(14)12(10)15/h4-6,8-9H,7H2,1-3H3,(H,17,18). The molecule has 0 aliphatic rings. The molecule has 2 atom stereocenters. The van der Waals surface area contributed by atoms with E-state index in [-0.39, 0.29) is 18.2 Å². The van der Waals surface area contributed by atoms with E-state index in [1.54, 1.807) is 25.8 Å². The summed E-state index contributed by atoms with van der Waals surface area (Å²) in [7, 11) is 1.69. The molecule has 0 aliphatic carbocycles. The van der Waals surface area contributed by atoms with E-state index in [0.717, 1.165) is 6.07 Å². The molecule has 0 bridgehead atoms. The minimum Gasteiger partial charge on any atom is -0.481 e. The lowest BCUT2D eigenvalue weighted by Gasteiger charge is -2.26. The number of hydrogen-bond donors (Lipinski definition) is 1. The Morgan fingerprint density at radius 3 is 2.56 bits per heavy atom. The Bertz CT molecular complexity index is 437. The molecule has 0 saturated carbocycles. The van der Waals surface area contributed by atoms with Crippen molar-refractivity contribution in [3.63, 3.8) is 0 Å². The van der Waals surface area contributed by atoms with Gasteiger partial charge in [0.05, 0.1) is 5.92 Å². The first kappa shape index (κ1) is 14.6. The van der Waals surface area contributed by atoms with Gasteiger partial charge in [-0.1, -0.05) is 19.1 Å². The fraction of sp³-hybridized carbons (Fsp3) is 0.462. The summed E-state index contributed by atoms with van der Waals surface area (Å²) in [4.78, 5) is 12.4. The number of carboxylic acids is 1. The summed E-state index contributed by atoms with van der Waals surface area (Å²) in [6, 6.07) is 3.62. The Morgan fingerprint density at radius 2 is 2.00 bits per heavy atom. The highest BCUT2D eigenvalue weighted by Crippen LogP contribution is 2.23. The Labute approximate surface area is 105 Å². The van der Waals surface area contributed by atoms with Crippen LogP contribution in [0, 0.1) is 17.6 Å². The van der Waals surface area contributed by atoms with E-state index >= 15 is 0 Å². The summed E-state index contributed by atoms with van der Waals surface area (Å²) < 4.78 is 26.7. The third kappa shape index (κ3) is 3.26. The van der Waals surface area contributed by atoms with E-state index in [2.05, 4.69) is 0 Å². The first-order valence-corrected chi connectivity index (χ1v) is 5.71. The van der Waals surface area contributed by atoms with Crippen molar-refractivity contribution in [2.75, 3.05) is 13.6 Å². The predicted molar refractivity (Wildman–Crippen MR) is 64.2 cm³/mol. The van der Waals surface area contributed by atoms with Crippen molar-refractivity contribution in [1.82, 2.24) is 4.90 Å². The van der Waals surface area contributed by atoms with Crippen LogP contribution in [0.25, 0.3) is 0 Å². The average Bonchev–Trinajstić information content (AvgIpc) is 2.31. The molecule has 0 aliphatic heterocycles. The van der Waals surface area contributed by atoms with Crippen LogP contribution in [0.15, 0.2) is 18.2 Å². The van der Waals surface area contributed by atoms with Gasteiger partial charge in [0.2, 0.25) is 0 Å². The molecule has 0 fully saturated rings. The molecule has 0 spiro atoms. The highest BCUT2D eigenvalue weighted by Gasteiger charge is 2.21. The van der Waals surface area contributed by atoms with Crippen molar-refractivity contribution in [3.05, 3.63) is 35.4 Å². The molecule has 0 saturated heterocycles. The Hall–Kier alpha value is -1.49. The fourth-order valence-corrected chi connectivity index (χ4v) is 1.75. The van der Waals surface area contributed by atoms with Gasteiger partial charge >= 0.3 is 5.97 Å². The van der Waals surface area contributed by atoms with Gasteiger partial charge in [0.25, 0.3) is 0 Å². The van der Waals surface area contributed by atoms with Crippen LogP contribution in [0.2, 0.25) is 0 Å². The minimum absolute atomic E-state index is 0.232. The largest absolute Gasteiger partial charge is 0.481 e. The van der Waals surface area contributed by atoms with E-state index in [1.165, 1.54) is 12.1 Å². The van der Waals surface area contributed by atoms with Crippen LogP contribution in [-0.2, 0) is 4.79 Å². The van der Waals surface area contributed by atoms with Crippen molar-refractivity contribution in [1.29, 1.82) is 0 Å². The number of halogens is 2. The Morgan fingerprint density at radius 1 is 1.39 bits per heavy atom. The first-order chi connectivity index (χ1) is 8.34. The summed E-state index contributed by atoms with van der Waals surface area (Å²) >= 11 is 0. The molecule has 0 amide bonds.